The van der Waals surface area contributed by atoms with Crippen molar-refractivity contribution in [2.45, 2.75) is 19.6 Å². The van der Waals surface area contributed by atoms with Gasteiger partial charge in [-0.15, -0.1) is 0 Å². The quantitative estimate of drug-likeness (QED) is 0.834. The summed E-state index contributed by atoms with van der Waals surface area (Å²) < 4.78 is 8.57. The third kappa shape index (κ3) is 3.58. The lowest BCUT2D eigenvalue weighted by molar-refractivity contribution is 0.280. The molecule has 0 aliphatic rings. The first kappa shape index (κ1) is 13.1. The summed E-state index contributed by atoms with van der Waals surface area (Å²) >= 11 is 3.43. The molecule has 1 aromatic carbocycles. The zero-order valence-electron chi connectivity index (χ0n) is 9.92. The Morgan fingerprint density at radius 3 is 2.94 bits per heavy atom. The smallest absolute Gasteiger partial charge is 0.133 e. The fourth-order valence-electron chi connectivity index (χ4n) is 1.61. The highest BCUT2D eigenvalue weighted by molar-refractivity contribution is 9.10. The molecule has 0 saturated carbocycles. The van der Waals surface area contributed by atoms with Gasteiger partial charge < -0.3 is 14.4 Å². The molecular formula is C13H15BrN2O2. The van der Waals surface area contributed by atoms with Gasteiger partial charge in [-0.25, -0.2) is 4.98 Å². The number of rotatable bonds is 6. The number of nitrogens with zero attached hydrogens (tertiary/aromatic N) is 2. The van der Waals surface area contributed by atoms with Crippen LogP contribution in [0.1, 0.15) is 12.0 Å². The Labute approximate surface area is 114 Å². The third-order valence-corrected chi connectivity index (χ3v) is 3.18. The first-order valence-electron chi connectivity index (χ1n) is 5.77. The molecule has 2 rings (SSSR count). The summed E-state index contributed by atoms with van der Waals surface area (Å²) in [5.74, 6) is 0.804. The molecule has 1 N–H and O–H groups in total. The van der Waals surface area contributed by atoms with Crippen LogP contribution in [-0.4, -0.2) is 21.3 Å². The lowest BCUT2D eigenvalue weighted by atomic mass is 10.2. The van der Waals surface area contributed by atoms with E-state index in [1.54, 1.807) is 12.5 Å². The average molecular weight is 311 g/mol. The number of hydrogen-bond acceptors (Lipinski definition) is 3. The van der Waals surface area contributed by atoms with Crippen LogP contribution in [0.4, 0.5) is 0 Å². The molecule has 0 fully saturated rings. The van der Waals surface area contributed by atoms with Crippen LogP contribution in [0, 0.1) is 0 Å². The number of hydrogen-bond donors (Lipinski definition) is 1. The Hall–Kier alpha value is -1.33. The maximum atomic E-state index is 9.00. The largest absolute Gasteiger partial charge is 0.492 e. The average Bonchev–Trinajstić information content (AvgIpc) is 2.89. The van der Waals surface area contributed by atoms with E-state index in [9.17, 15) is 0 Å². The molecule has 2 aromatic rings. The first-order valence-corrected chi connectivity index (χ1v) is 6.56. The summed E-state index contributed by atoms with van der Waals surface area (Å²) in [7, 11) is 0. The number of aryl methyl sites for hydroxylation is 1. The van der Waals surface area contributed by atoms with E-state index in [0.29, 0.717) is 6.61 Å². The first-order chi connectivity index (χ1) is 8.79. The predicted octanol–water partition coefficient (Wildman–Crippen LogP) is 2.61. The molecule has 5 heteroatoms. The van der Waals surface area contributed by atoms with E-state index in [1.165, 1.54) is 0 Å². The van der Waals surface area contributed by atoms with Gasteiger partial charge in [0.25, 0.3) is 0 Å². The van der Waals surface area contributed by atoms with Crippen LogP contribution in [0.2, 0.25) is 0 Å². The van der Waals surface area contributed by atoms with Crippen LogP contribution in [-0.2, 0) is 13.2 Å². The molecule has 0 aliphatic carbocycles. The molecule has 0 atom stereocenters. The summed E-state index contributed by atoms with van der Waals surface area (Å²) in [6.07, 6.45) is 6.42. The minimum atomic E-state index is 0.0412. The van der Waals surface area contributed by atoms with E-state index in [4.69, 9.17) is 9.84 Å². The molecule has 1 heterocycles. The Morgan fingerprint density at radius 2 is 2.28 bits per heavy atom. The molecule has 96 valence electrons. The van der Waals surface area contributed by atoms with Crippen molar-refractivity contribution in [2.24, 2.45) is 0 Å². The molecule has 1 aromatic heterocycles. The topological polar surface area (TPSA) is 47.3 Å². The second-order valence-electron chi connectivity index (χ2n) is 3.93. The Balaban J connectivity index is 1.79. The van der Waals surface area contributed by atoms with Gasteiger partial charge in [-0.3, -0.25) is 0 Å². The minimum Gasteiger partial charge on any atom is -0.492 e. The number of imidazole rings is 1. The highest BCUT2D eigenvalue weighted by Crippen LogP contribution is 2.26. The number of halogens is 1. The fourth-order valence-corrected chi connectivity index (χ4v) is 2.15. The maximum absolute atomic E-state index is 9.00. The second kappa shape index (κ2) is 6.56. The van der Waals surface area contributed by atoms with E-state index in [1.807, 2.05) is 29.0 Å². The van der Waals surface area contributed by atoms with Crippen LogP contribution in [0.3, 0.4) is 0 Å². The van der Waals surface area contributed by atoms with E-state index in [0.717, 1.165) is 28.8 Å². The van der Waals surface area contributed by atoms with Crippen molar-refractivity contribution in [3.05, 3.63) is 47.0 Å². The van der Waals surface area contributed by atoms with Crippen molar-refractivity contribution in [3.8, 4) is 5.75 Å². The number of aromatic nitrogens is 2. The normalized spacial score (nSPS) is 10.6. The number of ether oxygens (including phenoxy) is 1. The molecule has 18 heavy (non-hydrogen) atoms. The predicted molar refractivity (Wildman–Crippen MR) is 72.4 cm³/mol. The zero-order chi connectivity index (χ0) is 12.8. The SMILES string of the molecule is OCc1ccc(OCCCn2ccnc2)c(Br)c1. The van der Waals surface area contributed by atoms with Gasteiger partial charge in [-0.2, -0.15) is 0 Å². The highest BCUT2D eigenvalue weighted by Gasteiger charge is 2.02. The Bertz CT molecular complexity index is 486. The van der Waals surface area contributed by atoms with Crippen molar-refractivity contribution < 1.29 is 9.84 Å². The molecule has 0 aliphatic heterocycles. The van der Waals surface area contributed by atoms with Gasteiger partial charge in [0.05, 0.1) is 24.0 Å². The molecule has 0 spiro atoms. The second-order valence-corrected chi connectivity index (χ2v) is 4.78. The molecule has 0 unspecified atom stereocenters. The van der Waals surface area contributed by atoms with E-state index in [-0.39, 0.29) is 6.61 Å². The summed E-state index contributed by atoms with van der Waals surface area (Å²) in [6.45, 7) is 1.58. The molecule has 0 bridgehead atoms. The molecule has 4 nitrogen and oxygen atoms in total. The summed E-state index contributed by atoms with van der Waals surface area (Å²) in [6, 6.07) is 5.59. The molecule has 0 saturated heterocycles. The van der Waals surface area contributed by atoms with Gasteiger partial charge in [-0.05, 0) is 40.0 Å². The van der Waals surface area contributed by atoms with Gasteiger partial charge in [0.15, 0.2) is 0 Å². The Kier molecular flexibility index (Phi) is 4.78. The standard InChI is InChI=1S/C13H15BrN2O2/c14-12-8-11(9-17)2-3-13(12)18-7-1-5-16-6-4-15-10-16/h2-4,6,8,10,17H,1,5,7,9H2. The molecule has 0 radical (unpaired) electrons. The van der Waals surface area contributed by atoms with Crippen molar-refractivity contribution >= 4 is 15.9 Å². The van der Waals surface area contributed by atoms with Crippen LogP contribution in [0.15, 0.2) is 41.4 Å². The lowest BCUT2D eigenvalue weighted by Crippen LogP contribution is -2.03. The van der Waals surface area contributed by atoms with Gasteiger partial charge in [0, 0.05) is 18.9 Å². The van der Waals surface area contributed by atoms with Crippen LogP contribution >= 0.6 is 15.9 Å². The van der Waals surface area contributed by atoms with E-state index < -0.39 is 0 Å². The Morgan fingerprint density at radius 1 is 1.39 bits per heavy atom. The van der Waals surface area contributed by atoms with Gasteiger partial charge >= 0.3 is 0 Å². The molecular weight excluding hydrogens is 296 g/mol. The summed E-state index contributed by atoms with van der Waals surface area (Å²) in [4.78, 5) is 3.98. The van der Waals surface area contributed by atoms with Crippen molar-refractivity contribution in [3.63, 3.8) is 0 Å². The third-order valence-electron chi connectivity index (χ3n) is 2.56. The maximum Gasteiger partial charge on any atom is 0.133 e. The van der Waals surface area contributed by atoms with Crippen LogP contribution in [0.25, 0.3) is 0 Å². The van der Waals surface area contributed by atoms with Crippen molar-refractivity contribution in [1.82, 2.24) is 9.55 Å². The van der Waals surface area contributed by atoms with Crippen LogP contribution < -0.4 is 4.74 Å². The van der Waals surface area contributed by atoms with E-state index >= 15 is 0 Å². The zero-order valence-corrected chi connectivity index (χ0v) is 11.5. The summed E-state index contributed by atoms with van der Waals surface area (Å²) in [5, 5.41) is 9.00. The highest BCUT2D eigenvalue weighted by atomic mass is 79.9. The van der Waals surface area contributed by atoms with Crippen molar-refractivity contribution in [2.75, 3.05) is 6.61 Å². The van der Waals surface area contributed by atoms with Crippen LogP contribution in [0.5, 0.6) is 5.75 Å². The van der Waals surface area contributed by atoms with Gasteiger partial charge in [-0.1, -0.05) is 6.07 Å². The summed E-state index contributed by atoms with van der Waals surface area (Å²) in [5.41, 5.74) is 0.868. The van der Waals surface area contributed by atoms with Gasteiger partial charge in [0.2, 0.25) is 0 Å². The number of benzene rings is 1. The van der Waals surface area contributed by atoms with Crippen molar-refractivity contribution in [1.29, 1.82) is 0 Å². The lowest BCUT2D eigenvalue weighted by Gasteiger charge is -2.09. The molecule has 0 amide bonds. The fraction of sp³-hybridized carbons (Fsp3) is 0.308. The van der Waals surface area contributed by atoms with Gasteiger partial charge in [0.1, 0.15) is 5.75 Å². The number of aliphatic hydroxyl groups is 1. The monoisotopic (exact) mass is 310 g/mol. The minimum absolute atomic E-state index is 0.0412. The number of aliphatic hydroxyl groups excluding tert-OH is 1. The van der Waals surface area contributed by atoms with E-state index in [2.05, 4.69) is 20.9 Å².